The Kier molecular flexibility index (Phi) is 6.09. The highest BCUT2D eigenvalue weighted by atomic mass is 35.5. The Morgan fingerprint density at radius 2 is 1.92 bits per heavy atom. The first-order valence-electron chi connectivity index (χ1n) is 10.8. The lowest BCUT2D eigenvalue weighted by molar-refractivity contribution is -0.384. The number of Topliss-reactive ketones (excluding diaryl/α,β-unsaturated/α-hetero) is 1. The zero-order valence-electron chi connectivity index (χ0n) is 19.2. The minimum absolute atomic E-state index is 0.0558. The summed E-state index contributed by atoms with van der Waals surface area (Å²) in [6, 6.07) is 10.3. The van der Waals surface area contributed by atoms with E-state index in [0.717, 1.165) is 18.2 Å². The van der Waals surface area contributed by atoms with E-state index in [0.29, 0.717) is 11.3 Å². The number of carbonyl (C=O) groups excluding carboxylic acids is 1. The number of allylic oxidation sites excluding steroid dienone is 3. The zero-order valence-corrected chi connectivity index (χ0v) is 19.9. The number of non-ortho nitro benzene ring substituents is 1. The highest BCUT2D eigenvalue weighted by Crippen LogP contribution is 2.51. The minimum Gasteiger partial charge on any atom is -0.384 e. The van der Waals surface area contributed by atoms with E-state index in [4.69, 9.17) is 17.3 Å². The second-order valence-corrected chi connectivity index (χ2v) is 9.90. The molecule has 7 nitrogen and oxygen atoms in total. The van der Waals surface area contributed by atoms with Gasteiger partial charge in [-0.05, 0) is 35.6 Å². The van der Waals surface area contributed by atoms with Crippen LogP contribution in [0.4, 0.5) is 24.5 Å². The fourth-order valence-electron chi connectivity index (χ4n) is 4.80. The van der Waals surface area contributed by atoms with E-state index in [2.05, 4.69) is 0 Å². The van der Waals surface area contributed by atoms with E-state index in [1.54, 1.807) is 6.07 Å². The molecule has 0 saturated carbocycles. The van der Waals surface area contributed by atoms with Gasteiger partial charge >= 0.3 is 6.18 Å². The molecule has 0 amide bonds. The highest BCUT2D eigenvalue weighted by molar-refractivity contribution is 6.33. The van der Waals surface area contributed by atoms with Crippen molar-refractivity contribution in [2.45, 2.75) is 38.8 Å². The molecule has 1 atom stereocenters. The molecular formula is C25H20ClF3N4O3. The van der Waals surface area contributed by atoms with Crippen LogP contribution in [-0.4, -0.2) is 10.7 Å². The Morgan fingerprint density at radius 3 is 2.53 bits per heavy atom. The fraction of sp³-hybridized carbons (Fsp3) is 0.280. The number of hydrogen-bond donors (Lipinski definition) is 1. The van der Waals surface area contributed by atoms with Crippen molar-refractivity contribution in [2.75, 3.05) is 4.90 Å². The third-order valence-corrected chi connectivity index (χ3v) is 6.63. The van der Waals surface area contributed by atoms with E-state index < -0.39 is 28.0 Å². The average Bonchev–Trinajstić information content (AvgIpc) is 2.77. The molecule has 1 aliphatic heterocycles. The summed E-state index contributed by atoms with van der Waals surface area (Å²) >= 11 is 6.33. The van der Waals surface area contributed by atoms with Gasteiger partial charge in [0.25, 0.3) is 5.69 Å². The van der Waals surface area contributed by atoms with E-state index in [9.17, 15) is 33.3 Å². The van der Waals surface area contributed by atoms with E-state index in [-0.39, 0.29) is 52.0 Å². The molecule has 4 rings (SSSR count). The third kappa shape index (κ3) is 4.31. The Balaban J connectivity index is 2.04. The first-order valence-corrected chi connectivity index (χ1v) is 11.2. The number of hydrogen-bond acceptors (Lipinski definition) is 6. The van der Waals surface area contributed by atoms with Crippen molar-refractivity contribution in [3.63, 3.8) is 0 Å². The number of ketones is 1. The maximum Gasteiger partial charge on any atom is 0.416 e. The molecule has 11 heteroatoms. The maximum absolute atomic E-state index is 13.5. The van der Waals surface area contributed by atoms with E-state index in [1.165, 1.54) is 23.1 Å². The van der Waals surface area contributed by atoms with Crippen molar-refractivity contribution in [3.05, 3.63) is 91.4 Å². The van der Waals surface area contributed by atoms with Gasteiger partial charge in [-0.2, -0.15) is 18.4 Å². The molecule has 1 unspecified atom stereocenters. The van der Waals surface area contributed by atoms with Crippen LogP contribution in [0.2, 0.25) is 5.02 Å². The molecule has 2 aromatic carbocycles. The van der Waals surface area contributed by atoms with Gasteiger partial charge in [0.1, 0.15) is 5.82 Å². The Labute approximate surface area is 209 Å². The van der Waals surface area contributed by atoms with Crippen LogP contribution < -0.4 is 10.6 Å². The van der Waals surface area contributed by atoms with Crippen LogP contribution in [0.25, 0.3) is 0 Å². The zero-order chi connectivity index (χ0) is 26.6. The summed E-state index contributed by atoms with van der Waals surface area (Å²) in [4.78, 5) is 25.5. The molecule has 0 fully saturated rings. The summed E-state index contributed by atoms with van der Waals surface area (Å²) in [6.07, 6.45) is -4.32. The molecule has 0 radical (unpaired) electrons. The van der Waals surface area contributed by atoms with Gasteiger partial charge in [-0.25, -0.2) is 0 Å². The molecule has 0 spiro atoms. The molecule has 2 N–H and O–H groups in total. The number of nitriles is 1. The fourth-order valence-corrected chi connectivity index (χ4v) is 5.00. The van der Waals surface area contributed by atoms with Crippen molar-refractivity contribution in [3.8, 4) is 6.07 Å². The van der Waals surface area contributed by atoms with Crippen molar-refractivity contribution in [2.24, 2.45) is 11.1 Å². The second-order valence-electron chi connectivity index (χ2n) is 9.50. The summed E-state index contributed by atoms with van der Waals surface area (Å²) in [5.41, 5.74) is 5.18. The van der Waals surface area contributed by atoms with Gasteiger partial charge in [0.2, 0.25) is 0 Å². The lowest BCUT2D eigenvalue weighted by Gasteiger charge is -2.44. The first-order chi connectivity index (χ1) is 16.7. The van der Waals surface area contributed by atoms with E-state index in [1.807, 2.05) is 19.9 Å². The van der Waals surface area contributed by atoms with Crippen LogP contribution >= 0.6 is 11.6 Å². The smallest absolute Gasteiger partial charge is 0.384 e. The van der Waals surface area contributed by atoms with Gasteiger partial charge in [0.05, 0.1) is 38.8 Å². The number of carbonyl (C=O) groups is 1. The predicted molar refractivity (Wildman–Crippen MR) is 127 cm³/mol. The summed E-state index contributed by atoms with van der Waals surface area (Å²) in [5, 5.41) is 21.4. The standard InChI is InChI=1S/C25H20ClF3N4O3/c1-24(2)10-19-22(20(34)11-24)21(13-4-3-5-15(8-13)33(35)36)16(12-30)23(31)32(19)18-9-14(25(27,28)29)6-7-17(18)26/h3-9,21H,10-11,31H2,1-2H3. The number of nitrogens with two attached hydrogens (primary N) is 1. The summed E-state index contributed by atoms with van der Waals surface area (Å²) in [7, 11) is 0. The molecule has 2 aromatic rings. The van der Waals surface area contributed by atoms with Gasteiger partial charge in [-0.3, -0.25) is 19.8 Å². The molecule has 2 aliphatic rings. The lowest BCUT2D eigenvalue weighted by Crippen LogP contribution is -2.42. The van der Waals surface area contributed by atoms with Crippen molar-refractivity contribution in [1.82, 2.24) is 0 Å². The molecule has 1 heterocycles. The summed E-state index contributed by atoms with van der Waals surface area (Å²) < 4.78 is 40.6. The van der Waals surface area contributed by atoms with Gasteiger partial charge in [-0.1, -0.05) is 37.6 Å². The number of alkyl halides is 3. The number of anilines is 1. The SMILES string of the molecule is CC1(C)CC(=O)C2=C(C1)N(c1cc(C(F)(F)F)ccc1Cl)C(N)=C(C#N)C2c1cccc([N+](=O)[O-])c1. The van der Waals surface area contributed by atoms with Crippen LogP contribution in [-0.2, 0) is 11.0 Å². The largest absolute Gasteiger partial charge is 0.416 e. The molecule has 186 valence electrons. The second kappa shape index (κ2) is 8.68. The van der Waals surface area contributed by atoms with Gasteiger partial charge in [-0.15, -0.1) is 0 Å². The monoisotopic (exact) mass is 516 g/mol. The lowest BCUT2D eigenvalue weighted by atomic mass is 9.68. The predicted octanol–water partition coefficient (Wildman–Crippen LogP) is 6.21. The van der Waals surface area contributed by atoms with Crippen LogP contribution in [0.15, 0.2) is 65.1 Å². The van der Waals surface area contributed by atoms with Gasteiger partial charge in [0, 0.05) is 29.8 Å². The molecule has 0 bridgehead atoms. The van der Waals surface area contributed by atoms with Crippen LogP contribution in [0, 0.1) is 26.9 Å². The van der Waals surface area contributed by atoms with Crippen molar-refractivity contribution < 1.29 is 22.9 Å². The average molecular weight is 517 g/mol. The maximum atomic E-state index is 13.5. The molecule has 36 heavy (non-hydrogen) atoms. The Morgan fingerprint density at radius 1 is 1.22 bits per heavy atom. The number of rotatable bonds is 3. The Hall–Kier alpha value is -3.84. The number of nitro benzene ring substituents is 1. The van der Waals surface area contributed by atoms with E-state index >= 15 is 0 Å². The topological polar surface area (TPSA) is 113 Å². The highest BCUT2D eigenvalue weighted by Gasteiger charge is 2.45. The van der Waals surface area contributed by atoms with Crippen molar-refractivity contribution in [1.29, 1.82) is 5.26 Å². The number of benzene rings is 2. The van der Waals surface area contributed by atoms with Gasteiger partial charge in [0.15, 0.2) is 5.78 Å². The first kappa shape index (κ1) is 25.3. The van der Waals surface area contributed by atoms with Crippen LogP contribution in [0.3, 0.4) is 0 Å². The Bertz CT molecular complexity index is 1410. The number of halogens is 4. The molecular weight excluding hydrogens is 497 g/mol. The summed E-state index contributed by atoms with van der Waals surface area (Å²) in [6.45, 7) is 3.67. The van der Waals surface area contributed by atoms with Gasteiger partial charge < -0.3 is 5.73 Å². The van der Waals surface area contributed by atoms with Crippen LogP contribution in [0.1, 0.15) is 43.7 Å². The summed E-state index contributed by atoms with van der Waals surface area (Å²) in [5.74, 6) is -1.54. The number of nitrogens with zero attached hydrogens (tertiary/aromatic N) is 3. The minimum atomic E-state index is -4.67. The quantitative estimate of drug-likeness (QED) is 0.383. The molecule has 0 saturated heterocycles. The molecule has 0 aromatic heterocycles. The number of nitro groups is 1. The molecule has 1 aliphatic carbocycles. The van der Waals surface area contributed by atoms with Crippen molar-refractivity contribution >= 4 is 28.8 Å². The normalized spacial score (nSPS) is 19.8. The third-order valence-electron chi connectivity index (χ3n) is 6.31. The van der Waals surface area contributed by atoms with Crippen LogP contribution in [0.5, 0.6) is 0 Å².